The second-order valence-electron chi connectivity index (χ2n) is 7.86. The molecule has 1 fully saturated rings. The molecule has 2 N–H and O–H groups in total. The highest BCUT2D eigenvalue weighted by molar-refractivity contribution is 5.97. The number of methoxy groups -OCH3 is 1. The Kier molecular flexibility index (Phi) is 4.47. The van der Waals surface area contributed by atoms with Gasteiger partial charge in [0.15, 0.2) is 0 Å². The Morgan fingerprint density at radius 1 is 1.36 bits per heavy atom. The normalized spacial score (nSPS) is 15.8. The average Bonchev–Trinajstić information content (AvgIpc) is 3.27. The zero-order valence-corrected chi connectivity index (χ0v) is 16.2. The number of hydrogen-bond donors (Lipinski definition) is 2. The number of fused-ring (bicyclic) bond motifs is 1. The van der Waals surface area contributed by atoms with E-state index in [1.165, 1.54) is 13.3 Å². The van der Waals surface area contributed by atoms with Gasteiger partial charge in [-0.2, -0.15) is 10.2 Å². The molecule has 1 aliphatic carbocycles. The van der Waals surface area contributed by atoms with Crippen LogP contribution < -0.4 is 0 Å². The van der Waals surface area contributed by atoms with E-state index < -0.39 is 17.7 Å². The summed E-state index contributed by atoms with van der Waals surface area (Å²) in [6, 6.07) is 3.83. The molecule has 0 radical (unpaired) electrons. The molecule has 3 heterocycles. The lowest BCUT2D eigenvalue weighted by molar-refractivity contribution is -0.0569. The highest BCUT2D eigenvalue weighted by Crippen LogP contribution is 2.44. The zero-order valence-electron chi connectivity index (χ0n) is 16.2. The molecule has 28 heavy (non-hydrogen) atoms. The lowest BCUT2D eigenvalue weighted by atomic mass is 10.0. The fourth-order valence-corrected chi connectivity index (χ4v) is 3.35. The van der Waals surface area contributed by atoms with Crippen molar-refractivity contribution in [2.75, 3.05) is 7.11 Å². The van der Waals surface area contributed by atoms with Gasteiger partial charge in [-0.25, -0.2) is 9.31 Å². The van der Waals surface area contributed by atoms with Gasteiger partial charge in [0, 0.05) is 23.4 Å². The number of esters is 1. The number of aliphatic hydroxyl groups excluding tert-OH is 1. The van der Waals surface area contributed by atoms with Gasteiger partial charge < -0.3 is 14.9 Å². The monoisotopic (exact) mass is 384 g/mol. The van der Waals surface area contributed by atoms with Crippen LogP contribution in [-0.2, 0) is 11.3 Å². The van der Waals surface area contributed by atoms with Crippen LogP contribution in [0.2, 0.25) is 0 Å². The highest BCUT2D eigenvalue weighted by Gasteiger charge is 2.33. The Balaban J connectivity index is 1.76. The van der Waals surface area contributed by atoms with Crippen LogP contribution in [0.25, 0.3) is 16.6 Å². The molecule has 0 saturated heterocycles. The first-order chi connectivity index (χ1) is 13.3. The van der Waals surface area contributed by atoms with Crippen molar-refractivity contribution >= 4 is 11.5 Å². The molecule has 0 aromatic carbocycles. The van der Waals surface area contributed by atoms with Crippen LogP contribution >= 0.6 is 0 Å². The second kappa shape index (κ2) is 6.72. The summed E-state index contributed by atoms with van der Waals surface area (Å²) < 4.78 is 8.26. The Labute approximate surface area is 162 Å². The van der Waals surface area contributed by atoms with Gasteiger partial charge in [0.25, 0.3) is 0 Å². The van der Waals surface area contributed by atoms with E-state index in [9.17, 15) is 15.0 Å². The Hall–Kier alpha value is -2.71. The number of carbonyl (C=O) groups is 1. The third-order valence-corrected chi connectivity index (χ3v) is 5.24. The molecule has 0 spiro atoms. The number of nitrogens with zero attached hydrogens (tertiary/aromatic N) is 4. The molecule has 8 heteroatoms. The molecule has 0 aliphatic heterocycles. The van der Waals surface area contributed by atoms with Gasteiger partial charge in [0.2, 0.25) is 0 Å². The van der Waals surface area contributed by atoms with Gasteiger partial charge in [-0.3, -0.25) is 4.68 Å². The SMILES string of the molecule is COC(=O)c1cnn2ccc(-c3cnn(C[C@@H](O)C(C)(C)O)c3C3CC3)cc12. The second-order valence-corrected chi connectivity index (χ2v) is 7.86. The summed E-state index contributed by atoms with van der Waals surface area (Å²) in [5, 5.41) is 29.1. The highest BCUT2D eigenvalue weighted by atomic mass is 16.5. The summed E-state index contributed by atoms with van der Waals surface area (Å²) in [4.78, 5) is 12.0. The summed E-state index contributed by atoms with van der Waals surface area (Å²) >= 11 is 0. The molecule has 0 unspecified atom stereocenters. The maximum Gasteiger partial charge on any atom is 0.341 e. The van der Waals surface area contributed by atoms with E-state index >= 15 is 0 Å². The molecule has 3 aromatic rings. The summed E-state index contributed by atoms with van der Waals surface area (Å²) in [5.41, 5.74) is 2.79. The van der Waals surface area contributed by atoms with Crippen molar-refractivity contribution in [2.45, 2.75) is 50.9 Å². The first-order valence-corrected chi connectivity index (χ1v) is 9.32. The fourth-order valence-electron chi connectivity index (χ4n) is 3.35. The topological polar surface area (TPSA) is 102 Å². The van der Waals surface area contributed by atoms with Gasteiger partial charge >= 0.3 is 5.97 Å². The molecular weight excluding hydrogens is 360 g/mol. The van der Waals surface area contributed by atoms with E-state index in [1.807, 2.05) is 12.1 Å². The number of hydrogen-bond acceptors (Lipinski definition) is 6. The molecule has 0 bridgehead atoms. The Morgan fingerprint density at radius 2 is 2.11 bits per heavy atom. The molecule has 1 aliphatic rings. The van der Waals surface area contributed by atoms with Crippen LogP contribution in [0.5, 0.6) is 0 Å². The maximum absolute atomic E-state index is 12.0. The summed E-state index contributed by atoms with van der Waals surface area (Å²) in [6.45, 7) is 3.39. The van der Waals surface area contributed by atoms with Crippen molar-refractivity contribution in [3.8, 4) is 11.1 Å². The quantitative estimate of drug-likeness (QED) is 0.630. The minimum absolute atomic E-state index is 0.220. The maximum atomic E-state index is 12.0. The van der Waals surface area contributed by atoms with E-state index in [2.05, 4.69) is 10.2 Å². The van der Waals surface area contributed by atoms with Crippen molar-refractivity contribution in [2.24, 2.45) is 0 Å². The number of pyridine rings is 1. The van der Waals surface area contributed by atoms with Crippen LogP contribution in [0.3, 0.4) is 0 Å². The van der Waals surface area contributed by atoms with Gasteiger partial charge in [-0.1, -0.05) is 0 Å². The first kappa shape index (κ1) is 18.6. The molecule has 1 saturated carbocycles. The van der Waals surface area contributed by atoms with Crippen molar-refractivity contribution in [1.82, 2.24) is 19.4 Å². The lowest BCUT2D eigenvalue weighted by Gasteiger charge is -2.25. The smallest absolute Gasteiger partial charge is 0.341 e. The van der Waals surface area contributed by atoms with Gasteiger partial charge in [0.05, 0.1) is 37.2 Å². The number of aliphatic hydroxyl groups is 2. The van der Waals surface area contributed by atoms with Crippen molar-refractivity contribution in [3.05, 3.63) is 42.0 Å². The Bertz CT molecular complexity index is 1030. The van der Waals surface area contributed by atoms with Crippen LogP contribution in [0.4, 0.5) is 0 Å². The molecular formula is C20H24N4O4. The van der Waals surface area contributed by atoms with Crippen LogP contribution in [0.15, 0.2) is 30.7 Å². The molecule has 8 nitrogen and oxygen atoms in total. The molecule has 148 valence electrons. The first-order valence-electron chi connectivity index (χ1n) is 9.32. The predicted octanol–water partition coefficient (Wildman–Crippen LogP) is 1.99. The minimum Gasteiger partial charge on any atom is -0.465 e. The number of aromatic nitrogens is 4. The Morgan fingerprint density at radius 3 is 2.75 bits per heavy atom. The largest absolute Gasteiger partial charge is 0.465 e. The van der Waals surface area contributed by atoms with E-state index in [1.54, 1.807) is 35.4 Å². The minimum atomic E-state index is -1.21. The third kappa shape index (κ3) is 3.29. The number of rotatable bonds is 6. The van der Waals surface area contributed by atoms with Crippen LogP contribution in [0, 0.1) is 0 Å². The number of carbonyl (C=O) groups excluding carboxylic acids is 1. The van der Waals surface area contributed by atoms with Crippen LogP contribution in [-0.4, -0.2) is 54.4 Å². The van der Waals surface area contributed by atoms with Crippen molar-refractivity contribution in [1.29, 1.82) is 0 Å². The van der Waals surface area contributed by atoms with Gasteiger partial charge in [-0.05, 0) is 44.4 Å². The molecule has 4 rings (SSSR count). The van der Waals surface area contributed by atoms with E-state index in [0.717, 1.165) is 29.7 Å². The van der Waals surface area contributed by atoms with Gasteiger partial charge in [-0.15, -0.1) is 0 Å². The zero-order chi connectivity index (χ0) is 20.1. The predicted molar refractivity (Wildman–Crippen MR) is 102 cm³/mol. The van der Waals surface area contributed by atoms with Crippen molar-refractivity contribution < 1.29 is 19.7 Å². The molecule has 1 atom stereocenters. The summed E-state index contributed by atoms with van der Waals surface area (Å²) in [5.74, 6) is -0.0497. The lowest BCUT2D eigenvalue weighted by Crippen LogP contribution is -2.39. The molecule has 3 aromatic heterocycles. The molecule has 0 amide bonds. The van der Waals surface area contributed by atoms with Crippen LogP contribution in [0.1, 0.15) is 48.7 Å². The summed E-state index contributed by atoms with van der Waals surface area (Å²) in [7, 11) is 1.35. The average molecular weight is 384 g/mol. The third-order valence-electron chi connectivity index (χ3n) is 5.24. The van der Waals surface area contributed by atoms with E-state index in [0.29, 0.717) is 17.0 Å². The number of ether oxygens (including phenoxy) is 1. The fraction of sp³-hybridized carbons (Fsp3) is 0.450. The standard InChI is InChI=1S/C20H24N4O4/c1-20(2,27)17(25)11-24-18(12-4-5-12)14(9-22-24)13-6-7-23-16(8-13)15(10-21-23)19(26)28-3/h6-10,12,17,25,27H,4-5,11H2,1-3H3/t17-/m1/s1. The summed E-state index contributed by atoms with van der Waals surface area (Å²) in [6.07, 6.45) is 6.29. The van der Waals surface area contributed by atoms with E-state index in [-0.39, 0.29) is 6.54 Å². The van der Waals surface area contributed by atoms with E-state index in [4.69, 9.17) is 4.74 Å². The van der Waals surface area contributed by atoms with Crippen molar-refractivity contribution in [3.63, 3.8) is 0 Å². The van der Waals surface area contributed by atoms with Gasteiger partial charge in [0.1, 0.15) is 11.7 Å².